The second-order valence-corrected chi connectivity index (χ2v) is 4.73. The Kier molecular flexibility index (Phi) is 3.67. The number of benzene rings is 2. The van der Waals surface area contributed by atoms with Crippen LogP contribution in [0, 0.1) is 6.92 Å². The molecule has 0 aliphatic carbocycles. The van der Waals surface area contributed by atoms with Crippen LogP contribution in [0.3, 0.4) is 0 Å². The molecule has 0 aromatic heterocycles. The lowest BCUT2D eigenvalue weighted by atomic mass is 10.1. The predicted molar refractivity (Wildman–Crippen MR) is 73.9 cm³/mol. The fourth-order valence-corrected chi connectivity index (χ4v) is 2.10. The molecule has 0 saturated carbocycles. The summed E-state index contributed by atoms with van der Waals surface area (Å²) in [6, 6.07) is 12.9. The average Bonchev–Trinajstić information content (AvgIpc) is 2.34. The van der Waals surface area contributed by atoms with E-state index in [1.165, 1.54) is 0 Å². The average molecular weight is 306 g/mol. The maximum atomic E-state index is 11.2. The smallest absolute Gasteiger partial charge is 0.249 e. The minimum atomic E-state index is -0.462. The van der Waals surface area contributed by atoms with E-state index in [4.69, 9.17) is 10.5 Å². The molecule has 2 aromatic rings. The minimum absolute atomic E-state index is 0.452. The molecule has 0 aliphatic rings. The molecule has 0 atom stereocenters. The van der Waals surface area contributed by atoms with E-state index in [1.807, 2.05) is 37.3 Å². The van der Waals surface area contributed by atoms with Crippen LogP contribution in [0.15, 0.2) is 46.9 Å². The Hall–Kier alpha value is -1.81. The quantitative estimate of drug-likeness (QED) is 0.941. The van der Waals surface area contributed by atoms with Crippen LogP contribution in [0.2, 0.25) is 0 Å². The Morgan fingerprint density at radius 3 is 2.50 bits per heavy atom. The Balaban J connectivity index is 2.35. The highest BCUT2D eigenvalue weighted by Crippen LogP contribution is 2.30. The summed E-state index contributed by atoms with van der Waals surface area (Å²) in [4.78, 5) is 11.2. The molecule has 92 valence electrons. The fraction of sp³-hybridized carbons (Fsp3) is 0.0714. The van der Waals surface area contributed by atoms with Gasteiger partial charge in [0.05, 0.1) is 5.56 Å². The van der Waals surface area contributed by atoms with Crippen molar-refractivity contribution < 1.29 is 9.53 Å². The molecule has 2 rings (SSSR count). The number of carbonyl (C=O) groups excluding carboxylic acids is 1. The Morgan fingerprint density at radius 1 is 1.22 bits per heavy atom. The van der Waals surface area contributed by atoms with Crippen LogP contribution in [0.4, 0.5) is 0 Å². The topological polar surface area (TPSA) is 52.3 Å². The lowest BCUT2D eigenvalue weighted by molar-refractivity contribution is 0.0999. The zero-order chi connectivity index (χ0) is 13.1. The van der Waals surface area contributed by atoms with E-state index in [0.717, 1.165) is 11.3 Å². The number of halogens is 1. The molecule has 0 bridgehead atoms. The van der Waals surface area contributed by atoms with Crippen molar-refractivity contribution in [3.05, 3.63) is 58.1 Å². The summed E-state index contributed by atoms with van der Waals surface area (Å²) in [5.41, 5.74) is 6.59. The van der Waals surface area contributed by atoms with Gasteiger partial charge in [0.2, 0.25) is 5.91 Å². The number of rotatable bonds is 3. The minimum Gasteiger partial charge on any atom is -0.457 e. The van der Waals surface area contributed by atoms with Crippen molar-refractivity contribution in [2.24, 2.45) is 5.73 Å². The number of nitrogens with two attached hydrogens (primary N) is 1. The molecule has 3 nitrogen and oxygen atoms in total. The lowest BCUT2D eigenvalue weighted by Gasteiger charge is -2.11. The molecule has 0 radical (unpaired) electrons. The van der Waals surface area contributed by atoms with Gasteiger partial charge in [-0.2, -0.15) is 0 Å². The van der Waals surface area contributed by atoms with Crippen LogP contribution >= 0.6 is 15.9 Å². The second-order valence-electron chi connectivity index (χ2n) is 3.88. The van der Waals surface area contributed by atoms with Crippen LogP contribution in [0.5, 0.6) is 11.5 Å². The molecule has 0 saturated heterocycles. The van der Waals surface area contributed by atoms with Gasteiger partial charge in [-0.05, 0) is 52.7 Å². The number of primary amides is 1. The van der Waals surface area contributed by atoms with E-state index in [9.17, 15) is 4.79 Å². The first-order valence-electron chi connectivity index (χ1n) is 5.41. The summed E-state index contributed by atoms with van der Waals surface area (Å²) in [7, 11) is 0. The first-order chi connectivity index (χ1) is 8.58. The standard InChI is InChI=1S/C14H12BrNO2/c1-9-7-11(14(16)17)12(15)8-13(9)18-10-5-3-2-4-6-10/h2-8H,1H3,(H2,16,17). The Labute approximate surface area is 114 Å². The molecule has 0 heterocycles. The van der Waals surface area contributed by atoms with Gasteiger partial charge < -0.3 is 10.5 Å². The van der Waals surface area contributed by atoms with Crippen LogP contribution < -0.4 is 10.5 Å². The van der Waals surface area contributed by atoms with Crippen molar-refractivity contribution in [3.8, 4) is 11.5 Å². The summed E-state index contributed by atoms with van der Waals surface area (Å²) in [6.45, 7) is 1.87. The third kappa shape index (κ3) is 2.71. The van der Waals surface area contributed by atoms with E-state index in [0.29, 0.717) is 15.8 Å². The van der Waals surface area contributed by atoms with Crippen molar-refractivity contribution in [2.45, 2.75) is 6.92 Å². The number of carbonyl (C=O) groups is 1. The zero-order valence-corrected chi connectivity index (χ0v) is 11.4. The highest BCUT2D eigenvalue weighted by atomic mass is 79.9. The highest BCUT2D eigenvalue weighted by Gasteiger charge is 2.11. The number of ether oxygens (including phenoxy) is 1. The van der Waals surface area contributed by atoms with Crippen LogP contribution in [-0.4, -0.2) is 5.91 Å². The maximum Gasteiger partial charge on any atom is 0.249 e. The van der Waals surface area contributed by atoms with Gasteiger partial charge in [-0.1, -0.05) is 18.2 Å². The largest absolute Gasteiger partial charge is 0.457 e. The lowest BCUT2D eigenvalue weighted by Crippen LogP contribution is -2.12. The molecule has 18 heavy (non-hydrogen) atoms. The molecular formula is C14H12BrNO2. The number of hydrogen-bond acceptors (Lipinski definition) is 2. The Bertz CT molecular complexity index is 582. The zero-order valence-electron chi connectivity index (χ0n) is 9.81. The summed E-state index contributed by atoms with van der Waals surface area (Å²) in [6.07, 6.45) is 0. The molecule has 0 unspecified atom stereocenters. The van der Waals surface area contributed by atoms with Gasteiger partial charge >= 0.3 is 0 Å². The van der Waals surface area contributed by atoms with Crippen LogP contribution in [-0.2, 0) is 0 Å². The Morgan fingerprint density at radius 2 is 1.89 bits per heavy atom. The van der Waals surface area contributed by atoms with Crippen LogP contribution in [0.1, 0.15) is 15.9 Å². The van der Waals surface area contributed by atoms with Gasteiger partial charge in [0.15, 0.2) is 0 Å². The first-order valence-corrected chi connectivity index (χ1v) is 6.20. The van der Waals surface area contributed by atoms with Crippen molar-refractivity contribution in [3.63, 3.8) is 0 Å². The van der Waals surface area contributed by atoms with Crippen LogP contribution in [0.25, 0.3) is 0 Å². The molecule has 0 aliphatic heterocycles. The van der Waals surface area contributed by atoms with E-state index in [1.54, 1.807) is 12.1 Å². The number of para-hydroxylation sites is 1. The van der Waals surface area contributed by atoms with E-state index in [2.05, 4.69) is 15.9 Å². The molecule has 4 heteroatoms. The highest BCUT2D eigenvalue weighted by molar-refractivity contribution is 9.10. The molecule has 2 N–H and O–H groups in total. The van der Waals surface area contributed by atoms with Crippen molar-refractivity contribution in [2.75, 3.05) is 0 Å². The summed E-state index contributed by atoms with van der Waals surface area (Å²) >= 11 is 3.31. The van der Waals surface area contributed by atoms with E-state index < -0.39 is 5.91 Å². The molecule has 1 amide bonds. The summed E-state index contributed by atoms with van der Waals surface area (Å²) < 4.78 is 6.37. The number of aryl methyl sites for hydroxylation is 1. The van der Waals surface area contributed by atoms with E-state index in [-0.39, 0.29) is 0 Å². The molecule has 0 spiro atoms. The third-order valence-electron chi connectivity index (χ3n) is 2.50. The fourth-order valence-electron chi connectivity index (χ4n) is 1.58. The monoisotopic (exact) mass is 305 g/mol. The second kappa shape index (κ2) is 5.23. The molecule has 2 aromatic carbocycles. The van der Waals surface area contributed by atoms with E-state index >= 15 is 0 Å². The van der Waals surface area contributed by atoms with Gasteiger partial charge in [-0.15, -0.1) is 0 Å². The normalized spacial score (nSPS) is 10.1. The predicted octanol–water partition coefficient (Wildman–Crippen LogP) is 3.65. The first kappa shape index (κ1) is 12.6. The van der Waals surface area contributed by atoms with Crippen molar-refractivity contribution in [1.29, 1.82) is 0 Å². The maximum absolute atomic E-state index is 11.2. The van der Waals surface area contributed by atoms with Gasteiger partial charge in [0.1, 0.15) is 11.5 Å². The molecule has 0 fully saturated rings. The molecular weight excluding hydrogens is 294 g/mol. The van der Waals surface area contributed by atoms with Gasteiger partial charge in [-0.25, -0.2) is 0 Å². The summed E-state index contributed by atoms with van der Waals surface area (Å²) in [5.74, 6) is 0.980. The summed E-state index contributed by atoms with van der Waals surface area (Å²) in [5, 5.41) is 0. The van der Waals surface area contributed by atoms with Gasteiger partial charge in [0, 0.05) is 4.47 Å². The number of amides is 1. The third-order valence-corrected chi connectivity index (χ3v) is 3.16. The van der Waals surface area contributed by atoms with Crippen molar-refractivity contribution >= 4 is 21.8 Å². The van der Waals surface area contributed by atoms with Gasteiger partial charge in [-0.3, -0.25) is 4.79 Å². The van der Waals surface area contributed by atoms with Gasteiger partial charge in [0.25, 0.3) is 0 Å². The SMILES string of the molecule is Cc1cc(C(N)=O)c(Br)cc1Oc1ccccc1. The van der Waals surface area contributed by atoms with Crippen molar-refractivity contribution in [1.82, 2.24) is 0 Å². The number of hydrogen-bond donors (Lipinski definition) is 1.